The molecular formula is C16H21N3O. The van der Waals surface area contributed by atoms with E-state index in [1.165, 1.54) is 12.0 Å². The van der Waals surface area contributed by atoms with Crippen molar-refractivity contribution in [2.45, 2.75) is 33.2 Å². The molecule has 0 saturated carbocycles. The standard InChI is InChI=1S/C16H21N3O/c1-3-13-7-14-15(18-16(13)20)6-12(8-17-14)10-19-5-4-11(2)9-19/h6-8,11H,3-5,9-10H2,1-2H3,(H,18,20)/t11-/m1/s1. The second-order valence-electron chi connectivity index (χ2n) is 5.88. The molecule has 0 aliphatic carbocycles. The summed E-state index contributed by atoms with van der Waals surface area (Å²) in [5.41, 5.74) is 3.70. The normalized spacial score (nSPS) is 19.8. The second-order valence-corrected chi connectivity index (χ2v) is 5.88. The molecule has 1 atom stereocenters. The number of aryl methyl sites for hydroxylation is 1. The first-order valence-electron chi connectivity index (χ1n) is 7.39. The van der Waals surface area contributed by atoms with Gasteiger partial charge in [-0.05, 0) is 43.0 Å². The van der Waals surface area contributed by atoms with Crippen LogP contribution in [0.5, 0.6) is 0 Å². The van der Waals surface area contributed by atoms with Gasteiger partial charge in [-0.15, -0.1) is 0 Å². The van der Waals surface area contributed by atoms with E-state index in [4.69, 9.17) is 0 Å². The average molecular weight is 271 g/mol. The predicted octanol–water partition coefficient (Wildman–Crippen LogP) is 2.33. The number of hydrogen-bond donors (Lipinski definition) is 1. The molecule has 0 spiro atoms. The van der Waals surface area contributed by atoms with E-state index < -0.39 is 0 Å². The molecule has 0 unspecified atom stereocenters. The summed E-state index contributed by atoms with van der Waals surface area (Å²) in [5.74, 6) is 0.787. The van der Waals surface area contributed by atoms with Crippen LogP contribution in [0.1, 0.15) is 31.4 Å². The number of pyridine rings is 2. The molecule has 1 fully saturated rings. The van der Waals surface area contributed by atoms with Gasteiger partial charge in [0.05, 0.1) is 11.0 Å². The summed E-state index contributed by atoms with van der Waals surface area (Å²) in [7, 11) is 0. The number of hydrogen-bond acceptors (Lipinski definition) is 3. The van der Waals surface area contributed by atoms with Crippen molar-refractivity contribution in [2.24, 2.45) is 5.92 Å². The van der Waals surface area contributed by atoms with Gasteiger partial charge in [-0.25, -0.2) is 0 Å². The zero-order chi connectivity index (χ0) is 14.1. The third-order valence-corrected chi connectivity index (χ3v) is 4.12. The van der Waals surface area contributed by atoms with Crippen molar-refractivity contribution >= 4 is 11.0 Å². The van der Waals surface area contributed by atoms with Crippen LogP contribution in [-0.2, 0) is 13.0 Å². The molecule has 4 nitrogen and oxygen atoms in total. The summed E-state index contributed by atoms with van der Waals surface area (Å²) >= 11 is 0. The van der Waals surface area contributed by atoms with Crippen molar-refractivity contribution in [3.8, 4) is 0 Å². The first-order chi connectivity index (χ1) is 9.65. The minimum Gasteiger partial charge on any atom is -0.320 e. The van der Waals surface area contributed by atoms with E-state index in [-0.39, 0.29) is 5.56 Å². The van der Waals surface area contributed by atoms with Crippen molar-refractivity contribution < 1.29 is 0 Å². The monoisotopic (exact) mass is 271 g/mol. The maximum absolute atomic E-state index is 11.9. The molecule has 20 heavy (non-hydrogen) atoms. The number of nitrogens with zero attached hydrogens (tertiary/aromatic N) is 2. The van der Waals surface area contributed by atoms with E-state index in [1.807, 2.05) is 19.2 Å². The molecule has 0 aromatic carbocycles. The zero-order valence-corrected chi connectivity index (χ0v) is 12.1. The van der Waals surface area contributed by atoms with Gasteiger partial charge < -0.3 is 4.98 Å². The quantitative estimate of drug-likeness (QED) is 0.932. The third-order valence-electron chi connectivity index (χ3n) is 4.12. The highest BCUT2D eigenvalue weighted by Crippen LogP contribution is 2.19. The fourth-order valence-corrected chi connectivity index (χ4v) is 2.94. The van der Waals surface area contributed by atoms with E-state index in [0.717, 1.165) is 48.6 Å². The van der Waals surface area contributed by atoms with Gasteiger partial charge in [0.25, 0.3) is 5.56 Å². The van der Waals surface area contributed by atoms with Gasteiger partial charge in [-0.1, -0.05) is 13.8 Å². The minimum atomic E-state index is 0.00810. The van der Waals surface area contributed by atoms with Crippen LogP contribution in [0.4, 0.5) is 0 Å². The van der Waals surface area contributed by atoms with Gasteiger partial charge in [0.2, 0.25) is 0 Å². The van der Waals surface area contributed by atoms with Gasteiger partial charge in [0.1, 0.15) is 0 Å². The van der Waals surface area contributed by atoms with Crippen LogP contribution in [0, 0.1) is 5.92 Å². The summed E-state index contributed by atoms with van der Waals surface area (Å²) in [6.07, 6.45) is 3.95. The average Bonchev–Trinajstić information content (AvgIpc) is 2.83. The largest absolute Gasteiger partial charge is 0.320 e. The number of fused-ring (bicyclic) bond motifs is 1. The van der Waals surface area contributed by atoms with Crippen LogP contribution in [0.15, 0.2) is 23.1 Å². The molecule has 106 valence electrons. The number of H-pyrrole nitrogens is 1. The van der Waals surface area contributed by atoms with E-state index in [1.54, 1.807) is 0 Å². The Kier molecular flexibility index (Phi) is 3.57. The van der Waals surface area contributed by atoms with Crippen LogP contribution >= 0.6 is 0 Å². The van der Waals surface area contributed by atoms with E-state index in [0.29, 0.717) is 0 Å². The zero-order valence-electron chi connectivity index (χ0n) is 12.1. The smallest absolute Gasteiger partial charge is 0.251 e. The lowest BCUT2D eigenvalue weighted by Gasteiger charge is -2.15. The Morgan fingerprint density at radius 1 is 1.45 bits per heavy atom. The van der Waals surface area contributed by atoms with Gasteiger partial charge >= 0.3 is 0 Å². The van der Waals surface area contributed by atoms with Gasteiger partial charge in [0, 0.05) is 24.8 Å². The lowest BCUT2D eigenvalue weighted by atomic mass is 10.1. The molecule has 2 aromatic rings. The highest BCUT2D eigenvalue weighted by Gasteiger charge is 2.18. The molecule has 1 saturated heterocycles. The van der Waals surface area contributed by atoms with Crippen molar-refractivity contribution in [2.75, 3.05) is 13.1 Å². The number of rotatable bonds is 3. The van der Waals surface area contributed by atoms with Crippen molar-refractivity contribution in [1.82, 2.24) is 14.9 Å². The third kappa shape index (κ3) is 2.61. The molecule has 3 rings (SSSR count). The van der Waals surface area contributed by atoms with Crippen molar-refractivity contribution in [1.29, 1.82) is 0 Å². The lowest BCUT2D eigenvalue weighted by molar-refractivity contribution is 0.320. The topological polar surface area (TPSA) is 49.0 Å². The second kappa shape index (κ2) is 5.37. The Balaban J connectivity index is 1.88. The van der Waals surface area contributed by atoms with E-state index >= 15 is 0 Å². The van der Waals surface area contributed by atoms with Crippen LogP contribution in [0.3, 0.4) is 0 Å². The van der Waals surface area contributed by atoms with E-state index in [9.17, 15) is 4.79 Å². The molecular weight excluding hydrogens is 250 g/mol. The summed E-state index contributed by atoms with van der Waals surface area (Å²) in [4.78, 5) is 21.8. The van der Waals surface area contributed by atoms with Crippen molar-refractivity contribution in [3.63, 3.8) is 0 Å². The first-order valence-corrected chi connectivity index (χ1v) is 7.39. The lowest BCUT2D eigenvalue weighted by Crippen LogP contribution is -2.20. The number of likely N-dealkylation sites (tertiary alicyclic amines) is 1. The summed E-state index contributed by atoms with van der Waals surface area (Å²) in [6, 6.07) is 3.96. The maximum Gasteiger partial charge on any atom is 0.251 e. The van der Waals surface area contributed by atoms with Crippen LogP contribution < -0.4 is 5.56 Å². The fourth-order valence-electron chi connectivity index (χ4n) is 2.94. The predicted molar refractivity (Wildman–Crippen MR) is 80.8 cm³/mol. The molecule has 0 amide bonds. The molecule has 0 radical (unpaired) electrons. The SMILES string of the molecule is CCc1cc2ncc(CN3CC[C@@H](C)C3)cc2[nH]c1=O. The van der Waals surface area contributed by atoms with Crippen LogP contribution in [0.2, 0.25) is 0 Å². The first kappa shape index (κ1) is 13.3. The van der Waals surface area contributed by atoms with Gasteiger partial charge in [0.15, 0.2) is 0 Å². The maximum atomic E-state index is 11.9. The van der Waals surface area contributed by atoms with Gasteiger partial charge in [-0.2, -0.15) is 0 Å². The highest BCUT2D eigenvalue weighted by molar-refractivity contribution is 5.74. The Labute approximate surface area is 118 Å². The molecule has 1 aliphatic heterocycles. The Morgan fingerprint density at radius 3 is 3.00 bits per heavy atom. The van der Waals surface area contributed by atoms with Crippen LogP contribution in [-0.4, -0.2) is 28.0 Å². The Morgan fingerprint density at radius 2 is 2.30 bits per heavy atom. The molecule has 2 aromatic heterocycles. The molecule has 0 bridgehead atoms. The molecule has 3 heterocycles. The van der Waals surface area contributed by atoms with E-state index in [2.05, 4.69) is 27.9 Å². The fraction of sp³-hybridized carbons (Fsp3) is 0.500. The molecule has 1 aliphatic rings. The summed E-state index contributed by atoms with van der Waals surface area (Å²) in [6.45, 7) is 7.51. The molecule has 4 heteroatoms. The van der Waals surface area contributed by atoms with Gasteiger partial charge in [-0.3, -0.25) is 14.7 Å². The summed E-state index contributed by atoms with van der Waals surface area (Å²) < 4.78 is 0. The van der Waals surface area contributed by atoms with Crippen molar-refractivity contribution in [3.05, 3.63) is 39.8 Å². The minimum absolute atomic E-state index is 0.00810. The highest BCUT2D eigenvalue weighted by atomic mass is 16.1. The Hall–Kier alpha value is -1.68. The number of nitrogens with one attached hydrogen (secondary N) is 1. The Bertz CT molecular complexity index is 677. The molecule has 1 N–H and O–H groups in total. The summed E-state index contributed by atoms with van der Waals surface area (Å²) in [5, 5.41) is 0. The van der Waals surface area contributed by atoms with Crippen LogP contribution in [0.25, 0.3) is 11.0 Å². The number of aromatic nitrogens is 2. The number of aromatic amines is 1.